The molecule has 0 bridgehead atoms. The van der Waals surface area contributed by atoms with Crippen molar-refractivity contribution in [3.8, 4) is 11.3 Å². The number of pyridine rings is 1. The predicted molar refractivity (Wildman–Crippen MR) is 122 cm³/mol. The molecule has 0 spiro atoms. The molecule has 6 nitrogen and oxygen atoms in total. The highest BCUT2D eigenvalue weighted by Crippen LogP contribution is 2.35. The van der Waals surface area contributed by atoms with E-state index in [2.05, 4.69) is 27.4 Å². The summed E-state index contributed by atoms with van der Waals surface area (Å²) in [5, 5.41) is 2.90. The number of nitrogens with zero attached hydrogens (tertiary/aromatic N) is 2. The normalized spacial score (nSPS) is 14.4. The number of aromatic nitrogens is 2. The average molecular weight is 417 g/mol. The Morgan fingerprint density at radius 3 is 2.71 bits per heavy atom. The minimum absolute atomic E-state index is 0.111. The zero-order chi connectivity index (χ0) is 22.0. The molecule has 1 atom stereocenters. The number of benzene rings is 1. The molecule has 160 valence electrons. The molecule has 31 heavy (non-hydrogen) atoms. The first-order valence-corrected chi connectivity index (χ1v) is 10.7. The van der Waals surface area contributed by atoms with Crippen molar-refractivity contribution in [1.29, 1.82) is 0 Å². The van der Waals surface area contributed by atoms with Gasteiger partial charge in [-0.1, -0.05) is 30.3 Å². The highest BCUT2D eigenvalue weighted by molar-refractivity contribution is 6.01. The third-order valence-electron chi connectivity index (χ3n) is 5.97. The zero-order valence-electron chi connectivity index (χ0n) is 18.2. The molecule has 0 fully saturated rings. The van der Waals surface area contributed by atoms with Crippen molar-refractivity contribution in [2.75, 3.05) is 19.4 Å². The van der Waals surface area contributed by atoms with E-state index in [0.29, 0.717) is 18.7 Å². The molecule has 4 rings (SSSR count). The number of nitrogens with one attached hydrogen (secondary N) is 2. The third-order valence-corrected chi connectivity index (χ3v) is 5.97. The van der Waals surface area contributed by atoms with Crippen molar-refractivity contribution in [3.05, 3.63) is 71.0 Å². The fourth-order valence-corrected chi connectivity index (χ4v) is 4.01. The second-order valence-corrected chi connectivity index (χ2v) is 8.33. The van der Waals surface area contributed by atoms with E-state index in [1.54, 1.807) is 6.20 Å². The minimum Gasteiger partial charge on any atom is -0.358 e. The molecule has 3 aromatic rings. The Morgan fingerprint density at radius 2 is 1.97 bits per heavy atom. The molecule has 1 aliphatic rings. The number of carbonyl (C=O) groups excluding carboxylic acids is 2. The maximum Gasteiger partial charge on any atom is 0.242 e. The first-order valence-electron chi connectivity index (χ1n) is 10.7. The zero-order valence-corrected chi connectivity index (χ0v) is 18.2. The lowest BCUT2D eigenvalue weighted by atomic mass is 9.90. The van der Waals surface area contributed by atoms with Gasteiger partial charge >= 0.3 is 0 Å². The molecule has 1 aromatic carbocycles. The number of likely N-dealkylation sites (N-methyl/N-ethyl adjacent to an activating group) is 1. The molecule has 2 N–H and O–H groups in total. The maximum atomic E-state index is 12.8. The van der Waals surface area contributed by atoms with Crippen LogP contribution < -0.4 is 5.32 Å². The number of aryl methyl sites for hydroxylation is 1. The molecule has 6 heteroatoms. The van der Waals surface area contributed by atoms with Gasteiger partial charge in [-0.15, -0.1) is 0 Å². The van der Waals surface area contributed by atoms with Gasteiger partial charge in [-0.05, 0) is 57.1 Å². The maximum absolute atomic E-state index is 12.8. The van der Waals surface area contributed by atoms with Crippen molar-refractivity contribution in [1.82, 2.24) is 14.9 Å². The van der Waals surface area contributed by atoms with Crippen LogP contribution in [0.5, 0.6) is 0 Å². The standard InChI is InChI=1S/C25H28N4O2/c1-16(29(2)3)25(31)28-22-15-18(12-13-26-22)24-19(14-17-8-5-4-6-9-17)23-20(27-24)10-7-11-21(23)30/h4-6,8-9,12-13,15-16,27H,7,10-11,14H2,1-3H3,(H,26,28,31). The van der Waals surface area contributed by atoms with Crippen LogP contribution >= 0.6 is 0 Å². The second kappa shape index (κ2) is 8.86. The van der Waals surface area contributed by atoms with E-state index in [1.807, 2.05) is 56.3 Å². The Labute approximate surface area is 182 Å². The predicted octanol–water partition coefficient (Wildman–Crippen LogP) is 4.08. The summed E-state index contributed by atoms with van der Waals surface area (Å²) in [4.78, 5) is 35.0. The van der Waals surface area contributed by atoms with Gasteiger partial charge in [-0.25, -0.2) is 4.98 Å². The van der Waals surface area contributed by atoms with Gasteiger partial charge in [0.2, 0.25) is 5.91 Å². The third kappa shape index (κ3) is 4.44. The van der Waals surface area contributed by atoms with E-state index in [1.165, 1.54) is 0 Å². The van der Waals surface area contributed by atoms with Gasteiger partial charge in [0.15, 0.2) is 5.78 Å². The number of Topliss-reactive ketones (excluding diaryl/α,β-unsaturated/α-hetero) is 1. The number of aromatic amines is 1. The lowest BCUT2D eigenvalue weighted by Crippen LogP contribution is -2.37. The largest absolute Gasteiger partial charge is 0.358 e. The summed E-state index contributed by atoms with van der Waals surface area (Å²) in [6.45, 7) is 1.85. The van der Waals surface area contributed by atoms with Crippen LogP contribution in [0.3, 0.4) is 0 Å². The van der Waals surface area contributed by atoms with Gasteiger partial charge in [-0.2, -0.15) is 0 Å². The molecule has 1 unspecified atom stereocenters. The summed E-state index contributed by atoms with van der Waals surface area (Å²) in [6, 6.07) is 13.7. The van der Waals surface area contributed by atoms with Crippen molar-refractivity contribution >= 4 is 17.5 Å². The van der Waals surface area contributed by atoms with Crippen LogP contribution in [-0.2, 0) is 17.6 Å². The number of anilines is 1. The van der Waals surface area contributed by atoms with E-state index in [9.17, 15) is 9.59 Å². The molecule has 2 heterocycles. The summed E-state index contributed by atoms with van der Waals surface area (Å²) in [5.41, 5.74) is 5.88. The Hall–Kier alpha value is -3.25. The summed E-state index contributed by atoms with van der Waals surface area (Å²) in [6.07, 6.45) is 4.70. The van der Waals surface area contributed by atoms with Crippen LogP contribution in [0.25, 0.3) is 11.3 Å². The van der Waals surface area contributed by atoms with Crippen LogP contribution in [0.15, 0.2) is 48.7 Å². The Kier molecular flexibility index (Phi) is 6.00. The first kappa shape index (κ1) is 21.0. The van der Waals surface area contributed by atoms with Crippen LogP contribution in [-0.4, -0.2) is 46.7 Å². The van der Waals surface area contributed by atoms with Gasteiger partial charge in [-0.3, -0.25) is 14.5 Å². The molecule has 0 aliphatic heterocycles. The number of fused-ring (bicyclic) bond motifs is 1. The number of rotatable bonds is 6. The Bertz CT molecular complexity index is 1100. The topological polar surface area (TPSA) is 78.1 Å². The fourth-order valence-electron chi connectivity index (χ4n) is 4.01. The number of ketones is 1. The minimum atomic E-state index is -0.269. The number of H-pyrrole nitrogens is 1. The Morgan fingerprint density at radius 1 is 1.19 bits per heavy atom. The van der Waals surface area contributed by atoms with Crippen LogP contribution in [0.2, 0.25) is 0 Å². The van der Waals surface area contributed by atoms with E-state index < -0.39 is 0 Å². The van der Waals surface area contributed by atoms with E-state index in [-0.39, 0.29) is 17.7 Å². The SMILES string of the molecule is CC(C(=O)Nc1cc(-c2[nH]c3c(c2Cc2ccccc2)C(=O)CCC3)ccn1)N(C)C. The number of hydrogen-bond acceptors (Lipinski definition) is 4. The van der Waals surface area contributed by atoms with Gasteiger partial charge in [0.25, 0.3) is 0 Å². The fraction of sp³-hybridized carbons (Fsp3) is 0.320. The van der Waals surface area contributed by atoms with Gasteiger partial charge in [0, 0.05) is 35.9 Å². The van der Waals surface area contributed by atoms with E-state index in [4.69, 9.17) is 0 Å². The van der Waals surface area contributed by atoms with E-state index >= 15 is 0 Å². The van der Waals surface area contributed by atoms with Gasteiger partial charge in [0.05, 0.1) is 11.7 Å². The smallest absolute Gasteiger partial charge is 0.242 e. The molecule has 0 radical (unpaired) electrons. The van der Waals surface area contributed by atoms with E-state index in [0.717, 1.165) is 46.5 Å². The van der Waals surface area contributed by atoms with Gasteiger partial charge in [0.1, 0.15) is 5.82 Å². The molecule has 1 aliphatic carbocycles. The average Bonchev–Trinajstić information content (AvgIpc) is 3.13. The summed E-state index contributed by atoms with van der Waals surface area (Å²) in [5.74, 6) is 0.595. The lowest BCUT2D eigenvalue weighted by Gasteiger charge is -2.18. The monoisotopic (exact) mass is 416 g/mol. The van der Waals surface area contributed by atoms with Crippen LogP contribution in [0, 0.1) is 0 Å². The number of carbonyl (C=O) groups is 2. The van der Waals surface area contributed by atoms with Crippen LogP contribution in [0.4, 0.5) is 5.82 Å². The molecular weight excluding hydrogens is 388 g/mol. The number of amides is 1. The van der Waals surface area contributed by atoms with Crippen molar-refractivity contribution in [2.45, 2.75) is 38.6 Å². The second-order valence-electron chi connectivity index (χ2n) is 8.33. The molecule has 0 saturated carbocycles. The summed E-state index contributed by atoms with van der Waals surface area (Å²) >= 11 is 0. The number of hydrogen-bond donors (Lipinski definition) is 2. The Balaban J connectivity index is 1.72. The lowest BCUT2D eigenvalue weighted by molar-refractivity contribution is -0.119. The van der Waals surface area contributed by atoms with Gasteiger partial charge < -0.3 is 10.3 Å². The first-order chi connectivity index (χ1) is 14.9. The quantitative estimate of drug-likeness (QED) is 0.635. The van der Waals surface area contributed by atoms with Crippen molar-refractivity contribution < 1.29 is 9.59 Å². The van der Waals surface area contributed by atoms with Crippen molar-refractivity contribution in [3.63, 3.8) is 0 Å². The molecule has 0 saturated heterocycles. The molecule has 1 amide bonds. The summed E-state index contributed by atoms with van der Waals surface area (Å²) < 4.78 is 0. The summed E-state index contributed by atoms with van der Waals surface area (Å²) in [7, 11) is 3.73. The molecular formula is C25H28N4O2. The molecule has 2 aromatic heterocycles. The highest BCUT2D eigenvalue weighted by Gasteiger charge is 2.27. The van der Waals surface area contributed by atoms with Crippen LogP contribution in [0.1, 0.15) is 46.9 Å². The highest BCUT2D eigenvalue weighted by atomic mass is 16.2. The van der Waals surface area contributed by atoms with Crippen molar-refractivity contribution in [2.24, 2.45) is 0 Å².